The molecule has 0 amide bonds. The number of hydrogen-bond donors (Lipinski definition) is 0. The van der Waals surface area contributed by atoms with Gasteiger partial charge in [-0.15, -0.1) is 5.10 Å². The first-order chi connectivity index (χ1) is 8.34. The maximum absolute atomic E-state index is 12.1. The summed E-state index contributed by atoms with van der Waals surface area (Å²) < 4.78 is 6.47. The lowest BCUT2D eigenvalue weighted by atomic mass is 10.2. The number of furan rings is 1. The van der Waals surface area contributed by atoms with Gasteiger partial charge in [0.2, 0.25) is 0 Å². The Labute approximate surface area is 96.3 Å². The zero-order valence-electron chi connectivity index (χ0n) is 8.91. The number of hydrogen-bond acceptors (Lipinski definition) is 4. The fourth-order valence-electron chi connectivity index (χ4n) is 1.68. The van der Waals surface area contributed by atoms with Crippen LogP contribution in [0.5, 0.6) is 0 Å². The lowest BCUT2D eigenvalue weighted by Gasteiger charge is -2.02. The molecule has 0 aliphatic carbocycles. The van der Waals surface area contributed by atoms with Crippen LogP contribution in [0.15, 0.2) is 51.9 Å². The Bertz CT molecular complexity index is 701. The largest absolute Gasteiger partial charge is 0.467 e. The van der Waals surface area contributed by atoms with Gasteiger partial charge in [-0.05, 0) is 24.3 Å². The molecular weight excluding hydrogens is 218 g/mol. The topological polar surface area (TPSA) is 60.9 Å². The maximum Gasteiger partial charge on any atom is 0.278 e. The number of benzene rings is 1. The molecule has 3 rings (SSSR count). The molecule has 5 nitrogen and oxygen atoms in total. The van der Waals surface area contributed by atoms with E-state index in [9.17, 15) is 4.79 Å². The third-order valence-corrected chi connectivity index (χ3v) is 2.52. The average molecular weight is 227 g/mol. The van der Waals surface area contributed by atoms with Crippen molar-refractivity contribution in [3.05, 3.63) is 58.8 Å². The van der Waals surface area contributed by atoms with Gasteiger partial charge in [0.15, 0.2) is 0 Å². The summed E-state index contributed by atoms with van der Waals surface area (Å²) in [7, 11) is 0. The van der Waals surface area contributed by atoms with Gasteiger partial charge in [0, 0.05) is 0 Å². The standard InChI is InChI=1S/C12H9N3O2/c16-12-10-5-1-2-6-11(10)13-14-15(12)8-9-4-3-7-17-9/h1-7H,8H2. The average Bonchev–Trinajstić information content (AvgIpc) is 2.86. The molecule has 0 saturated heterocycles. The highest BCUT2D eigenvalue weighted by atomic mass is 16.3. The van der Waals surface area contributed by atoms with E-state index in [2.05, 4.69) is 10.3 Å². The zero-order valence-corrected chi connectivity index (χ0v) is 8.91. The summed E-state index contributed by atoms with van der Waals surface area (Å²) in [4.78, 5) is 12.1. The van der Waals surface area contributed by atoms with Gasteiger partial charge >= 0.3 is 0 Å². The van der Waals surface area contributed by atoms with Crippen LogP contribution in [-0.2, 0) is 6.54 Å². The van der Waals surface area contributed by atoms with E-state index in [0.29, 0.717) is 23.2 Å². The molecule has 0 spiro atoms. The number of rotatable bonds is 2. The minimum Gasteiger partial charge on any atom is -0.467 e. The van der Waals surface area contributed by atoms with Gasteiger partial charge in [-0.3, -0.25) is 4.79 Å². The summed E-state index contributed by atoms with van der Waals surface area (Å²) in [6, 6.07) is 10.7. The molecule has 84 valence electrons. The summed E-state index contributed by atoms with van der Waals surface area (Å²) in [6.45, 7) is 0.295. The lowest BCUT2D eigenvalue weighted by Crippen LogP contribution is -2.24. The van der Waals surface area contributed by atoms with Crippen LogP contribution >= 0.6 is 0 Å². The first-order valence-corrected chi connectivity index (χ1v) is 5.19. The van der Waals surface area contributed by atoms with E-state index in [-0.39, 0.29) is 5.56 Å². The summed E-state index contributed by atoms with van der Waals surface area (Å²) in [5.41, 5.74) is 0.445. The Hall–Kier alpha value is -2.43. The van der Waals surface area contributed by atoms with Gasteiger partial charge in [-0.25, -0.2) is 4.68 Å². The van der Waals surface area contributed by atoms with Crippen molar-refractivity contribution in [1.82, 2.24) is 15.0 Å². The molecule has 17 heavy (non-hydrogen) atoms. The molecule has 0 aliphatic heterocycles. The fourth-order valence-corrected chi connectivity index (χ4v) is 1.68. The second kappa shape index (κ2) is 3.86. The van der Waals surface area contributed by atoms with E-state index in [0.717, 1.165) is 0 Å². The Kier molecular flexibility index (Phi) is 2.22. The van der Waals surface area contributed by atoms with Crippen LogP contribution in [0.2, 0.25) is 0 Å². The number of nitrogens with zero attached hydrogens (tertiary/aromatic N) is 3. The Morgan fingerprint density at radius 3 is 2.88 bits per heavy atom. The van der Waals surface area contributed by atoms with E-state index in [1.807, 2.05) is 12.1 Å². The van der Waals surface area contributed by atoms with Crippen LogP contribution in [0.25, 0.3) is 10.9 Å². The van der Waals surface area contributed by atoms with Crippen LogP contribution in [0.1, 0.15) is 5.76 Å². The molecule has 0 atom stereocenters. The van der Waals surface area contributed by atoms with Gasteiger partial charge in [0.05, 0.1) is 11.6 Å². The third-order valence-electron chi connectivity index (χ3n) is 2.52. The molecule has 0 N–H and O–H groups in total. The van der Waals surface area contributed by atoms with Gasteiger partial charge in [0.1, 0.15) is 17.8 Å². The van der Waals surface area contributed by atoms with Gasteiger partial charge in [0.25, 0.3) is 5.56 Å². The van der Waals surface area contributed by atoms with Gasteiger partial charge in [-0.1, -0.05) is 17.3 Å². The molecule has 3 aromatic rings. The Morgan fingerprint density at radius 2 is 2.06 bits per heavy atom. The predicted octanol–water partition coefficient (Wildman–Crippen LogP) is 1.43. The maximum atomic E-state index is 12.1. The molecule has 0 saturated carbocycles. The quantitative estimate of drug-likeness (QED) is 0.664. The van der Waals surface area contributed by atoms with E-state index in [1.54, 1.807) is 30.5 Å². The lowest BCUT2D eigenvalue weighted by molar-refractivity contribution is 0.464. The Morgan fingerprint density at radius 1 is 1.18 bits per heavy atom. The zero-order chi connectivity index (χ0) is 11.7. The molecule has 2 heterocycles. The van der Waals surface area contributed by atoms with Crippen LogP contribution < -0.4 is 5.56 Å². The smallest absolute Gasteiger partial charge is 0.278 e. The first kappa shape index (κ1) is 9.77. The molecule has 0 fully saturated rings. The second-order valence-electron chi connectivity index (χ2n) is 3.65. The van der Waals surface area contributed by atoms with Crippen LogP contribution in [0.4, 0.5) is 0 Å². The van der Waals surface area contributed by atoms with Gasteiger partial charge in [-0.2, -0.15) is 0 Å². The van der Waals surface area contributed by atoms with Gasteiger partial charge < -0.3 is 4.42 Å². The van der Waals surface area contributed by atoms with Crippen molar-refractivity contribution in [1.29, 1.82) is 0 Å². The summed E-state index contributed by atoms with van der Waals surface area (Å²) in [5.74, 6) is 0.677. The second-order valence-corrected chi connectivity index (χ2v) is 3.65. The summed E-state index contributed by atoms with van der Waals surface area (Å²) >= 11 is 0. The molecule has 0 unspecified atom stereocenters. The van der Waals surface area contributed by atoms with E-state index >= 15 is 0 Å². The molecule has 0 radical (unpaired) electrons. The monoisotopic (exact) mass is 227 g/mol. The first-order valence-electron chi connectivity index (χ1n) is 5.19. The molecule has 2 aromatic heterocycles. The van der Waals surface area contributed by atoms with Crippen molar-refractivity contribution in [2.75, 3.05) is 0 Å². The summed E-state index contributed by atoms with van der Waals surface area (Å²) in [6.07, 6.45) is 1.56. The Balaban J connectivity index is 2.12. The van der Waals surface area contributed by atoms with Crippen LogP contribution in [0.3, 0.4) is 0 Å². The molecule has 0 bridgehead atoms. The highest BCUT2D eigenvalue weighted by Gasteiger charge is 2.06. The van der Waals surface area contributed by atoms with Crippen LogP contribution in [-0.4, -0.2) is 15.0 Å². The van der Waals surface area contributed by atoms with E-state index in [4.69, 9.17) is 4.42 Å². The molecular formula is C12H9N3O2. The van der Waals surface area contributed by atoms with Crippen molar-refractivity contribution >= 4 is 10.9 Å². The van der Waals surface area contributed by atoms with Crippen molar-refractivity contribution in [2.45, 2.75) is 6.54 Å². The normalized spacial score (nSPS) is 10.8. The molecule has 1 aromatic carbocycles. The van der Waals surface area contributed by atoms with Crippen molar-refractivity contribution < 1.29 is 4.42 Å². The third kappa shape index (κ3) is 1.71. The fraction of sp³-hybridized carbons (Fsp3) is 0.0833. The van der Waals surface area contributed by atoms with Crippen LogP contribution in [0, 0.1) is 0 Å². The van der Waals surface area contributed by atoms with E-state index in [1.165, 1.54) is 4.68 Å². The van der Waals surface area contributed by atoms with Crippen molar-refractivity contribution in [3.63, 3.8) is 0 Å². The van der Waals surface area contributed by atoms with Crippen molar-refractivity contribution in [3.8, 4) is 0 Å². The predicted molar refractivity (Wildman–Crippen MR) is 61.6 cm³/mol. The highest BCUT2D eigenvalue weighted by Crippen LogP contribution is 2.05. The number of fused-ring (bicyclic) bond motifs is 1. The summed E-state index contributed by atoms with van der Waals surface area (Å²) in [5, 5.41) is 8.43. The minimum absolute atomic E-state index is 0.160. The molecule has 0 aliphatic rings. The minimum atomic E-state index is -0.160. The van der Waals surface area contributed by atoms with E-state index < -0.39 is 0 Å². The highest BCUT2D eigenvalue weighted by molar-refractivity contribution is 5.76. The molecule has 5 heteroatoms. The number of aromatic nitrogens is 3. The van der Waals surface area contributed by atoms with Crippen molar-refractivity contribution in [2.24, 2.45) is 0 Å². The SMILES string of the molecule is O=c1c2ccccc2nnn1Cc1ccco1.